The molecule has 2 aromatic carbocycles. The van der Waals surface area contributed by atoms with Gasteiger partial charge < -0.3 is 10.6 Å². The molecule has 0 saturated carbocycles. The molecule has 2 rings (SSSR count). The molecule has 0 aliphatic heterocycles. The molecule has 0 amide bonds. The smallest absolute Gasteiger partial charge is 0.0598 e. The number of aryl methyl sites for hydroxylation is 1. The molecule has 2 aromatic rings. The lowest BCUT2D eigenvalue weighted by atomic mass is 10.1. The summed E-state index contributed by atoms with van der Waals surface area (Å²) in [5.41, 5.74) is 9.43. The first-order valence-electron chi connectivity index (χ1n) is 6.47. The normalized spacial score (nSPS) is 10.4. The zero-order valence-electron chi connectivity index (χ0n) is 11.1. The molecule has 0 aliphatic rings. The van der Waals surface area contributed by atoms with Crippen molar-refractivity contribution >= 4 is 34.0 Å². The molecule has 0 saturated heterocycles. The SMILES string of the molecule is CN(CCCc1ccccc1)c1ccc(I)cc1N. The van der Waals surface area contributed by atoms with Crippen molar-refractivity contribution in [2.24, 2.45) is 0 Å². The Bertz CT molecular complexity index is 526. The molecule has 0 aliphatic carbocycles. The van der Waals surface area contributed by atoms with E-state index in [1.807, 2.05) is 6.07 Å². The molecule has 0 spiro atoms. The van der Waals surface area contributed by atoms with Crippen LogP contribution >= 0.6 is 22.6 Å². The van der Waals surface area contributed by atoms with Crippen molar-refractivity contribution in [3.63, 3.8) is 0 Å². The standard InChI is InChI=1S/C16H19IN2/c1-19(16-10-9-14(17)12-15(16)18)11-5-8-13-6-3-2-4-7-13/h2-4,6-7,9-10,12H,5,8,11,18H2,1H3. The summed E-state index contributed by atoms with van der Waals surface area (Å²) in [5.74, 6) is 0. The molecule has 0 atom stereocenters. The van der Waals surface area contributed by atoms with Gasteiger partial charge in [-0.05, 0) is 59.2 Å². The molecule has 0 aromatic heterocycles. The van der Waals surface area contributed by atoms with Gasteiger partial charge in [-0.2, -0.15) is 0 Å². The van der Waals surface area contributed by atoms with E-state index in [2.05, 4.69) is 77.0 Å². The molecule has 0 radical (unpaired) electrons. The van der Waals surface area contributed by atoms with Gasteiger partial charge in [0, 0.05) is 17.2 Å². The highest BCUT2D eigenvalue weighted by molar-refractivity contribution is 14.1. The lowest BCUT2D eigenvalue weighted by molar-refractivity contribution is 0.786. The van der Waals surface area contributed by atoms with E-state index < -0.39 is 0 Å². The molecule has 19 heavy (non-hydrogen) atoms. The van der Waals surface area contributed by atoms with Crippen LogP contribution in [0.5, 0.6) is 0 Å². The Balaban J connectivity index is 1.89. The number of hydrogen-bond donors (Lipinski definition) is 1. The summed E-state index contributed by atoms with van der Waals surface area (Å²) >= 11 is 2.28. The predicted octanol–water partition coefficient (Wildman–Crippen LogP) is 3.94. The maximum absolute atomic E-state index is 6.06. The topological polar surface area (TPSA) is 29.3 Å². The number of nitrogens with zero attached hydrogens (tertiary/aromatic N) is 1. The van der Waals surface area contributed by atoms with Gasteiger partial charge in [0.1, 0.15) is 0 Å². The van der Waals surface area contributed by atoms with Crippen molar-refractivity contribution in [3.8, 4) is 0 Å². The average molecular weight is 366 g/mol. The average Bonchev–Trinajstić information content (AvgIpc) is 2.39. The van der Waals surface area contributed by atoms with Gasteiger partial charge in [-0.15, -0.1) is 0 Å². The van der Waals surface area contributed by atoms with Crippen molar-refractivity contribution in [2.45, 2.75) is 12.8 Å². The second-order valence-electron chi connectivity index (χ2n) is 4.71. The number of anilines is 2. The zero-order valence-corrected chi connectivity index (χ0v) is 13.3. The highest BCUT2D eigenvalue weighted by Crippen LogP contribution is 2.24. The van der Waals surface area contributed by atoms with E-state index in [1.165, 1.54) is 9.13 Å². The first-order valence-corrected chi connectivity index (χ1v) is 7.55. The summed E-state index contributed by atoms with van der Waals surface area (Å²) in [7, 11) is 2.10. The number of benzene rings is 2. The van der Waals surface area contributed by atoms with E-state index in [-0.39, 0.29) is 0 Å². The van der Waals surface area contributed by atoms with E-state index in [0.717, 1.165) is 30.8 Å². The number of nitrogen functional groups attached to an aromatic ring is 1. The van der Waals surface area contributed by atoms with E-state index >= 15 is 0 Å². The van der Waals surface area contributed by atoms with Gasteiger partial charge in [-0.25, -0.2) is 0 Å². The molecule has 0 fully saturated rings. The minimum absolute atomic E-state index is 0.856. The fourth-order valence-corrected chi connectivity index (χ4v) is 2.67. The molecule has 0 bridgehead atoms. The molecular formula is C16H19IN2. The van der Waals surface area contributed by atoms with Crippen LogP contribution in [0.3, 0.4) is 0 Å². The van der Waals surface area contributed by atoms with E-state index in [9.17, 15) is 0 Å². The van der Waals surface area contributed by atoms with Crippen LogP contribution < -0.4 is 10.6 Å². The van der Waals surface area contributed by atoms with Crippen LogP contribution in [0.2, 0.25) is 0 Å². The third-order valence-electron chi connectivity index (χ3n) is 3.20. The molecule has 2 nitrogen and oxygen atoms in total. The maximum Gasteiger partial charge on any atom is 0.0598 e. The quantitative estimate of drug-likeness (QED) is 0.642. The minimum atomic E-state index is 0.856. The van der Waals surface area contributed by atoms with Crippen molar-refractivity contribution in [3.05, 3.63) is 57.7 Å². The fourth-order valence-electron chi connectivity index (χ4n) is 2.16. The van der Waals surface area contributed by atoms with Crippen LogP contribution in [0, 0.1) is 3.57 Å². The molecule has 2 N–H and O–H groups in total. The Labute approximate surface area is 128 Å². The first-order chi connectivity index (χ1) is 9.16. The lowest BCUT2D eigenvalue weighted by Gasteiger charge is -2.21. The van der Waals surface area contributed by atoms with E-state index in [1.54, 1.807) is 0 Å². The van der Waals surface area contributed by atoms with Gasteiger partial charge in [0.2, 0.25) is 0 Å². The highest BCUT2D eigenvalue weighted by atomic mass is 127. The third kappa shape index (κ3) is 4.13. The second kappa shape index (κ2) is 6.80. The van der Waals surface area contributed by atoms with Gasteiger partial charge in [0.05, 0.1) is 11.4 Å². The van der Waals surface area contributed by atoms with Gasteiger partial charge in [-0.3, -0.25) is 0 Å². The van der Waals surface area contributed by atoms with Crippen LogP contribution in [0.15, 0.2) is 48.5 Å². The van der Waals surface area contributed by atoms with Gasteiger partial charge in [-0.1, -0.05) is 30.3 Å². The Hall–Kier alpha value is -1.23. The Morgan fingerprint density at radius 2 is 1.84 bits per heavy atom. The van der Waals surface area contributed by atoms with Crippen molar-refractivity contribution in [1.82, 2.24) is 0 Å². The largest absolute Gasteiger partial charge is 0.397 e. The third-order valence-corrected chi connectivity index (χ3v) is 3.87. The Kier molecular flexibility index (Phi) is 5.07. The number of nitrogens with two attached hydrogens (primary N) is 1. The maximum atomic E-state index is 6.06. The Morgan fingerprint density at radius 1 is 1.11 bits per heavy atom. The number of halogens is 1. The summed E-state index contributed by atoms with van der Waals surface area (Å²) in [5, 5.41) is 0. The van der Waals surface area contributed by atoms with Crippen molar-refractivity contribution < 1.29 is 0 Å². The van der Waals surface area contributed by atoms with Gasteiger partial charge in [0.15, 0.2) is 0 Å². The number of rotatable bonds is 5. The van der Waals surface area contributed by atoms with Crippen LogP contribution in [-0.4, -0.2) is 13.6 Å². The lowest BCUT2D eigenvalue weighted by Crippen LogP contribution is -2.20. The fraction of sp³-hybridized carbons (Fsp3) is 0.250. The Morgan fingerprint density at radius 3 is 2.53 bits per heavy atom. The van der Waals surface area contributed by atoms with Crippen LogP contribution in [0.4, 0.5) is 11.4 Å². The molecule has 0 heterocycles. The molecule has 100 valence electrons. The molecule has 0 unspecified atom stereocenters. The van der Waals surface area contributed by atoms with Gasteiger partial charge >= 0.3 is 0 Å². The first kappa shape index (κ1) is 14.2. The van der Waals surface area contributed by atoms with E-state index in [0.29, 0.717) is 0 Å². The second-order valence-corrected chi connectivity index (χ2v) is 5.96. The van der Waals surface area contributed by atoms with Crippen molar-refractivity contribution in [1.29, 1.82) is 0 Å². The van der Waals surface area contributed by atoms with E-state index in [4.69, 9.17) is 5.73 Å². The van der Waals surface area contributed by atoms with Crippen molar-refractivity contribution in [2.75, 3.05) is 24.2 Å². The summed E-state index contributed by atoms with van der Waals surface area (Å²) in [6.45, 7) is 1.01. The minimum Gasteiger partial charge on any atom is -0.397 e. The summed E-state index contributed by atoms with van der Waals surface area (Å²) in [6, 6.07) is 16.8. The zero-order chi connectivity index (χ0) is 13.7. The summed E-state index contributed by atoms with van der Waals surface area (Å²) in [6.07, 6.45) is 2.24. The van der Waals surface area contributed by atoms with Crippen LogP contribution in [0.25, 0.3) is 0 Å². The summed E-state index contributed by atoms with van der Waals surface area (Å²) in [4.78, 5) is 2.23. The van der Waals surface area contributed by atoms with Crippen LogP contribution in [-0.2, 0) is 6.42 Å². The summed E-state index contributed by atoms with van der Waals surface area (Å²) < 4.78 is 1.18. The highest BCUT2D eigenvalue weighted by Gasteiger charge is 2.05. The monoisotopic (exact) mass is 366 g/mol. The van der Waals surface area contributed by atoms with Crippen LogP contribution in [0.1, 0.15) is 12.0 Å². The number of hydrogen-bond acceptors (Lipinski definition) is 2. The molecule has 3 heteroatoms. The molecular weight excluding hydrogens is 347 g/mol. The predicted molar refractivity (Wildman–Crippen MR) is 91.6 cm³/mol. The van der Waals surface area contributed by atoms with Gasteiger partial charge in [0.25, 0.3) is 0 Å².